The smallest absolute Gasteiger partial charge is 0.221 e. The van der Waals surface area contributed by atoms with Gasteiger partial charge in [0.25, 0.3) is 0 Å². The molecule has 0 unspecified atom stereocenters. The average Bonchev–Trinajstić information content (AvgIpc) is 3.98. The van der Waals surface area contributed by atoms with Crippen molar-refractivity contribution in [2.45, 2.75) is 0 Å². The number of imidazole rings is 4. The summed E-state index contributed by atoms with van der Waals surface area (Å²) in [6, 6.07) is 49.0. The number of hydrogen-bond acceptors (Lipinski definition) is 5. The molecule has 6 heterocycles. The Kier molecular flexibility index (Phi) is 5.23. The summed E-state index contributed by atoms with van der Waals surface area (Å²) in [6.07, 6.45) is 1.67. The maximum Gasteiger partial charge on any atom is 0.221 e. The Bertz CT molecular complexity index is 3380. The first-order valence-corrected chi connectivity index (χ1v) is 17.6. The van der Waals surface area contributed by atoms with Crippen molar-refractivity contribution >= 4 is 87.3 Å². The third-order valence-corrected chi connectivity index (χ3v) is 11.3. The molecule has 6 aromatic heterocycles. The van der Waals surface area contributed by atoms with Crippen molar-refractivity contribution < 1.29 is 0 Å². The predicted molar refractivity (Wildman–Crippen MR) is 207 cm³/mol. The van der Waals surface area contributed by atoms with Gasteiger partial charge in [-0.15, -0.1) is 11.3 Å². The van der Waals surface area contributed by atoms with Gasteiger partial charge < -0.3 is 0 Å². The quantitative estimate of drug-likeness (QED) is 0.187. The van der Waals surface area contributed by atoms with Gasteiger partial charge >= 0.3 is 0 Å². The number of rotatable bonds is 3. The molecular weight excluding hydrogens is 649 g/mol. The molecule has 8 nitrogen and oxygen atoms in total. The molecule has 0 bridgehead atoms. The highest BCUT2D eigenvalue weighted by Gasteiger charge is 2.23. The second kappa shape index (κ2) is 9.87. The molecule has 0 saturated carbocycles. The molecule has 12 rings (SSSR count). The number of aromatic nitrogens is 8. The minimum atomic E-state index is 0.822. The van der Waals surface area contributed by atoms with E-state index in [9.17, 15) is 0 Å². The molecule has 51 heavy (non-hydrogen) atoms. The second-order valence-electron chi connectivity index (χ2n) is 12.9. The average molecular weight is 673 g/mol. The molecule has 0 aliphatic rings. The van der Waals surface area contributed by atoms with Gasteiger partial charge in [0.05, 0.1) is 54.4 Å². The molecular formula is C42H24N8S. The van der Waals surface area contributed by atoms with Crippen molar-refractivity contribution in [3.8, 4) is 22.6 Å². The van der Waals surface area contributed by atoms with Gasteiger partial charge in [0.2, 0.25) is 11.6 Å². The predicted octanol–water partition coefficient (Wildman–Crippen LogP) is 10.0. The lowest BCUT2D eigenvalue weighted by atomic mass is 10.0. The van der Waals surface area contributed by atoms with E-state index in [1.165, 1.54) is 4.70 Å². The van der Waals surface area contributed by atoms with Crippen LogP contribution in [0.1, 0.15) is 0 Å². The molecule has 0 N–H and O–H groups in total. The van der Waals surface area contributed by atoms with Crippen LogP contribution in [0.2, 0.25) is 0 Å². The highest BCUT2D eigenvalue weighted by atomic mass is 32.1. The minimum Gasteiger partial charge on any atom is -0.278 e. The van der Waals surface area contributed by atoms with Crippen LogP contribution < -0.4 is 0 Å². The van der Waals surface area contributed by atoms with Crippen molar-refractivity contribution in [3.05, 3.63) is 146 Å². The van der Waals surface area contributed by atoms with Gasteiger partial charge in [-0.05, 0) is 77.9 Å². The molecule has 0 fully saturated rings. The summed E-state index contributed by atoms with van der Waals surface area (Å²) in [6.45, 7) is 0. The van der Waals surface area contributed by atoms with E-state index in [4.69, 9.17) is 19.9 Å². The maximum atomic E-state index is 5.18. The maximum absolute atomic E-state index is 5.18. The van der Waals surface area contributed by atoms with Crippen LogP contribution in [0.5, 0.6) is 0 Å². The topological polar surface area (TPSA) is 70.2 Å². The van der Waals surface area contributed by atoms with E-state index in [2.05, 4.69) is 139 Å². The van der Waals surface area contributed by atoms with Gasteiger partial charge in [-0.2, -0.15) is 0 Å². The van der Waals surface area contributed by atoms with E-state index in [1.807, 2.05) is 18.2 Å². The van der Waals surface area contributed by atoms with Gasteiger partial charge in [0.15, 0.2) is 5.82 Å². The summed E-state index contributed by atoms with van der Waals surface area (Å²) in [4.78, 5) is 19.9. The van der Waals surface area contributed by atoms with E-state index in [0.29, 0.717) is 0 Å². The molecule has 12 aromatic rings. The zero-order valence-corrected chi connectivity index (χ0v) is 27.7. The van der Waals surface area contributed by atoms with Crippen molar-refractivity contribution in [1.29, 1.82) is 0 Å². The molecule has 9 heteroatoms. The molecule has 0 atom stereocenters. The summed E-state index contributed by atoms with van der Waals surface area (Å²) in [5.74, 6) is 2.55. The van der Waals surface area contributed by atoms with Crippen LogP contribution in [-0.4, -0.2) is 37.9 Å². The Morgan fingerprint density at radius 3 is 1.76 bits per heavy atom. The van der Waals surface area contributed by atoms with Crippen LogP contribution in [0.15, 0.2) is 146 Å². The van der Waals surface area contributed by atoms with Gasteiger partial charge in [0, 0.05) is 15.8 Å². The van der Waals surface area contributed by atoms with Gasteiger partial charge in [-0.1, -0.05) is 72.8 Å². The Labute approximate surface area is 292 Å². The number of thiophene rings is 1. The fraction of sp³-hybridized carbons (Fsp3) is 0. The summed E-state index contributed by atoms with van der Waals surface area (Å²) < 4.78 is 11.2. The first kappa shape index (κ1) is 27.0. The van der Waals surface area contributed by atoms with Gasteiger partial charge in [0.1, 0.15) is 6.33 Å². The molecule has 0 spiro atoms. The standard InChI is InChI=1S/C42H24N8S/c1-2-10-27(11-3-1)47-33-20-18-25(22-35(33)48-31-15-7-5-13-29(31)45-41(47)48)26-19-21-34-36(23-26)49-32-16-8-6-14-30(32)46-42(49)50(34)40-39-38(43-24-44-40)28-12-4-9-17-37(28)51-39/h1-24H. The molecule has 0 amide bonds. The number of nitrogens with zero attached hydrogens (tertiary/aromatic N) is 8. The summed E-state index contributed by atoms with van der Waals surface area (Å²) in [5.41, 5.74) is 12.6. The number of para-hydroxylation sites is 5. The van der Waals surface area contributed by atoms with Crippen LogP contribution in [0.4, 0.5) is 0 Å². The Morgan fingerprint density at radius 1 is 0.471 bits per heavy atom. The molecule has 0 radical (unpaired) electrons. The van der Waals surface area contributed by atoms with Crippen LogP contribution in [0.25, 0.3) is 98.6 Å². The van der Waals surface area contributed by atoms with Crippen molar-refractivity contribution in [2.24, 2.45) is 0 Å². The normalized spacial score (nSPS) is 12.3. The number of hydrogen-bond donors (Lipinski definition) is 0. The lowest BCUT2D eigenvalue weighted by Gasteiger charge is -2.08. The first-order chi connectivity index (χ1) is 25.3. The molecule has 6 aromatic carbocycles. The zero-order chi connectivity index (χ0) is 33.2. The third kappa shape index (κ3) is 3.62. The lowest BCUT2D eigenvalue weighted by molar-refractivity contribution is 1.04. The zero-order valence-electron chi connectivity index (χ0n) is 26.8. The van der Waals surface area contributed by atoms with E-state index >= 15 is 0 Å². The first-order valence-electron chi connectivity index (χ1n) is 16.8. The lowest BCUT2D eigenvalue weighted by Crippen LogP contribution is -1.99. The van der Waals surface area contributed by atoms with Crippen molar-refractivity contribution in [3.63, 3.8) is 0 Å². The van der Waals surface area contributed by atoms with E-state index in [1.54, 1.807) is 17.7 Å². The highest BCUT2D eigenvalue weighted by molar-refractivity contribution is 7.26. The van der Waals surface area contributed by atoms with Gasteiger partial charge in [-0.25, -0.2) is 19.9 Å². The van der Waals surface area contributed by atoms with E-state index in [0.717, 1.165) is 93.9 Å². The Hall–Kier alpha value is -6.84. The van der Waals surface area contributed by atoms with Crippen molar-refractivity contribution in [1.82, 2.24) is 37.9 Å². The molecule has 238 valence electrons. The molecule has 0 aliphatic carbocycles. The summed E-state index contributed by atoms with van der Waals surface area (Å²) in [7, 11) is 0. The van der Waals surface area contributed by atoms with Crippen LogP contribution in [0.3, 0.4) is 0 Å². The molecule has 0 saturated heterocycles. The highest BCUT2D eigenvalue weighted by Crippen LogP contribution is 2.39. The fourth-order valence-electron chi connectivity index (χ4n) is 7.87. The largest absolute Gasteiger partial charge is 0.278 e. The second-order valence-corrected chi connectivity index (χ2v) is 13.9. The minimum absolute atomic E-state index is 0.822. The van der Waals surface area contributed by atoms with E-state index in [-0.39, 0.29) is 0 Å². The van der Waals surface area contributed by atoms with Crippen LogP contribution in [-0.2, 0) is 0 Å². The number of fused-ring (bicyclic) bond motifs is 13. The Morgan fingerprint density at radius 2 is 1.06 bits per heavy atom. The van der Waals surface area contributed by atoms with Crippen LogP contribution >= 0.6 is 11.3 Å². The summed E-state index contributed by atoms with van der Waals surface area (Å²) >= 11 is 1.72. The van der Waals surface area contributed by atoms with Crippen LogP contribution in [0, 0.1) is 0 Å². The Balaban J connectivity index is 1.14. The van der Waals surface area contributed by atoms with Gasteiger partial charge in [-0.3, -0.25) is 17.9 Å². The molecule has 0 aliphatic heterocycles. The third-order valence-electron chi connectivity index (χ3n) is 10.1. The van der Waals surface area contributed by atoms with Crippen molar-refractivity contribution in [2.75, 3.05) is 0 Å². The monoisotopic (exact) mass is 672 g/mol. The number of benzene rings is 6. The fourth-order valence-corrected chi connectivity index (χ4v) is 9.01. The SMILES string of the molecule is c1ccc(-n2c3ccc(-c4ccc5c(c4)n4c6ccccc6nc4n5-c4ncnc5c4sc4ccccc45)cc3n3c4ccccc4nc23)cc1. The summed E-state index contributed by atoms with van der Waals surface area (Å²) in [5, 5.41) is 1.14. The van der Waals surface area contributed by atoms with E-state index < -0.39 is 0 Å².